The van der Waals surface area contributed by atoms with Crippen LogP contribution in [0.15, 0.2) is 69.1 Å². The highest BCUT2D eigenvalue weighted by Crippen LogP contribution is 2.24. The molecule has 0 aliphatic carbocycles. The van der Waals surface area contributed by atoms with Gasteiger partial charge in [-0.2, -0.15) is 4.72 Å². The molecule has 0 saturated heterocycles. The van der Waals surface area contributed by atoms with E-state index in [0.717, 1.165) is 5.56 Å². The normalized spacial score (nSPS) is 12.8. The molecule has 1 unspecified atom stereocenters. The predicted octanol–water partition coefficient (Wildman–Crippen LogP) is 4.05. The Kier molecular flexibility index (Phi) is 5.98. The lowest BCUT2D eigenvalue weighted by Gasteiger charge is -2.10. The average molecular weight is 410 g/mol. The minimum absolute atomic E-state index is 0.118. The summed E-state index contributed by atoms with van der Waals surface area (Å²) < 4.78 is 32.9. The Morgan fingerprint density at radius 1 is 1.12 bits per heavy atom. The molecule has 0 aliphatic heterocycles. The third kappa shape index (κ3) is 4.85. The van der Waals surface area contributed by atoms with Crippen molar-refractivity contribution in [1.29, 1.82) is 0 Å². The van der Waals surface area contributed by atoms with Crippen LogP contribution in [0.1, 0.15) is 24.4 Å². The summed E-state index contributed by atoms with van der Waals surface area (Å²) in [6.07, 6.45) is 0. The quantitative estimate of drug-likeness (QED) is 0.592. The fourth-order valence-electron chi connectivity index (χ4n) is 2.14. The lowest BCUT2D eigenvalue weighted by molar-refractivity contribution is 0.384. The first-order valence-electron chi connectivity index (χ1n) is 7.72. The number of benzene rings is 2. The molecule has 0 bridgehead atoms. The van der Waals surface area contributed by atoms with Gasteiger partial charge in [-0.1, -0.05) is 53.7 Å². The number of thioether (sulfide) groups is 1. The Labute approximate surface area is 161 Å². The van der Waals surface area contributed by atoms with E-state index < -0.39 is 16.1 Å². The summed E-state index contributed by atoms with van der Waals surface area (Å²) in [6.45, 7) is 1.65. The standard InChI is InChI=1S/C17H16ClN3O3S2/c1-12(21-26(22,23)15-9-7-14(18)8-10-15)16-19-20-17(24-16)25-11-13-5-3-2-4-6-13/h2-10,12,21H,11H2,1H3. The summed E-state index contributed by atoms with van der Waals surface area (Å²) in [4.78, 5) is 0.118. The third-order valence-corrected chi connectivity index (χ3v) is 6.15. The van der Waals surface area contributed by atoms with Crippen LogP contribution in [-0.4, -0.2) is 18.6 Å². The summed E-state index contributed by atoms with van der Waals surface area (Å²) in [7, 11) is -3.71. The molecule has 1 heterocycles. The molecule has 2 aromatic carbocycles. The molecule has 0 radical (unpaired) electrons. The van der Waals surface area contributed by atoms with Crippen molar-refractivity contribution in [2.75, 3.05) is 0 Å². The van der Waals surface area contributed by atoms with Gasteiger partial charge in [-0.05, 0) is 36.8 Å². The maximum atomic E-state index is 12.4. The van der Waals surface area contributed by atoms with Gasteiger partial charge in [0.1, 0.15) is 0 Å². The second-order valence-electron chi connectivity index (χ2n) is 5.48. The highest BCUT2D eigenvalue weighted by Gasteiger charge is 2.22. The number of hydrogen-bond donors (Lipinski definition) is 1. The maximum Gasteiger partial charge on any atom is 0.276 e. The van der Waals surface area contributed by atoms with Gasteiger partial charge in [0.15, 0.2) is 0 Å². The average Bonchev–Trinajstić information content (AvgIpc) is 3.10. The first-order chi connectivity index (χ1) is 12.4. The summed E-state index contributed by atoms with van der Waals surface area (Å²) in [5.41, 5.74) is 1.13. The van der Waals surface area contributed by atoms with E-state index in [1.807, 2.05) is 30.3 Å². The van der Waals surface area contributed by atoms with E-state index >= 15 is 0 Å². The van der Waals surface area contributed by atoms with Crippen LogP contribution >= 0.6 is 23.4 Å². The van der Waals surface area contributed by atoms with Gasteiger partial charge in [0, 0.05) is 10.8 Å². The van der Waals surface area contributed by atoms with E-state index in [4.69, 9.17) is 16.0 Å². The molecule has 0 saturated carbocycles. The molecule has 0 fully saturated rings. The fraction of sp³-hybridized carbons (Fsp3) is 0.176. The molecule has 1 N–H and O–H groups in total. The number of aromatic nitrogens is 2. The van der Waals surface area contributed by atoms with Gasteiger partial charge >= 0.3 is 0 Å². The second kappa shape index (κ2) is 8.22. The monoisotopic (exact) mass is 409 g/mol. The molecule has 1 aromatic heterocycles. The second-order valence-corrected chi connectivity index (χ2v) is 8.55. The van der Waals surface area contributed by atoms with Gasteiger partial charge in [0.05, 0.1) is 10.9 Å². The number of halogens is 1. The summed E-state index contributed by atoms with van der Waals surface area (Å²) in [5.74, 6) is 0.894. The molecule has 3 aromatic rings. The Bertz CT molecular complexity index is 960. The third-order valence-electron chi connectivity index (χ3n) is 3.45. The van der Waals surface area contributed by atoms with E-state index in [2.05, 4.69) is 14.9 Å². The molecule has 9 heteroatoms. The van der Waals surface area contributed by atoms with Crippen LogP contribution in [0, 0.1) is 0 Å². The molecule has 0 aliphatic rings. The molecule has 26 heavy (non-hydrogen) atoms. The summed E-state index contributed by atoms with van der Waals surface area (Å²) in [5, 5.41) is 8.75. The minimum Gasteiger partial charge on any atom is -0.414 e. The molecular weight excluding hydrogens is 394 g/mol. The van der Waals surface area contributed by atoms with Crippen LogP contribution in [0.3, 0.4) is 0 Å². The Morgan fingerprint density at radius 3 is 2.50 bits per heavy atom. The van der Waals surface area contributed by atoms with Crippen molar-refractivity contribution in [2.24, 2.45) is 0 Å². The summed E-state index contributed by atoms with van der Waals surface area (Å²) in [6, 6.07) is 15.1. The van der Waals surface area contributed by atoms with Crippen molar-refractivity contribution in [3.8, 4) is 0 Å². The van der Waals surface area contributed by atoms with E-state index in [1.165, 1.54) is 36.0 Å². The SMILES string of the molecule is CC(NS(=O)(=O)c1ccc(Cl)cc1)c1nnc(SCc2ccccc2)o1. The molecule has 6 nitrogen and oxygen atoms in total. The number of rotatable bonds is 7. The van der Waals surface area contributed by atoms with Crippen molar-refractivity contribution >= 4 is 33.4 Å². The molecule has 0 spiro atoms. The van der Waals surface area contributed by atoms with Crippen LogP contribution in [0.5, 0.6) is 0 Å². The van der Waals surface area contributed by atoms with Crippen molar-refractivity contribution in [3.05, 3.63) is 71.1 Å². The maximum absolute atomic E-state index is 12.4. The number of hydrogen-bond acceptors (Lipinski definition) is 6. The van der Waals surface area contributed by atoms with Crippen LogP contribution in [0.25, 0.3) is 0 Å². The Morgan fingerprint density at radius 2 is 1.81 bits per heavy atom. The van der Waals surface area contributed by atoms with Gasteiger partial charge in [-0.15, -0.1) is 10.2 Å². The highest BCUT2D eigenvalue weighted by atomic mass is 35.5. The van der Waals surface area contributed by atoms with Gasteiger partial charge in [0.25, 0.3) is 5.22 Å². The van der Waals surface area contributed by atoms with Gasteiger partial charge in [0.2, 0.25) is 15.9 Å². The van der Waals surface area contributed by atoms with Gasteiger partial charge in [-0.3, -0.25) is 0 Å². The lowest BCUT2D eigenvalue weighted by Crippen LogP contribution is -2.27. The van der Waals surface area contributed by atoms with Crippen molar-refractivity contribution in [1.82, 2.24) is 14.9 Å². The summed E-state index contributed by atoms with van der Waals surface area (Å²) >= 11 is 7.18. The van der Waals surface area contributed by atoms with Crippen LogP contribution in [0.2, 0.25) is 5.02 Å². The first kappa shape index (κ1) is 18.9. The van der Waals surface area contributed by atoms with Crippen LogP contribution in [0.4, 0.5) is 0 Å². The number of nitrogens with zero attached hydrogens (tertiary/aromatic N) is 2. The molecule has 3 rings (SSSR count). The van der Waals surface area contributed by atoms with Crippen molar-refractivity contribution < 1.29 is 12.8 Å². The molecule has 0 amide bonds. The fourth-order valence-corrected chi connectivity index (χ4v) is 4.19. The predicted molar refractivity (Wildman–Crippen MR) is 100 cm³/mol. The van der Waals surface area contributed by atoms with E-state index in [9.17, 15) is 8.42 Å². The van der Waals surface area contributed by atoms with Crippen LogP contribution in [-0.2, 0) is 15.8 Å². The molecular formula is C17H16ClN3O3S2. The van der Waals surface area contributed by atoms with Crippen molar-refractivity contribution in [3.63, 3.8) is 0 Å². The zero-order valence-electron chi connectivity index (χ0n) is 13.8. The van der Waals surface area contributed by atoms with Crippen LogP contribution < -0.4 is 4.72 Å². The zero-order chi connectivity index (χ0) is 18.6. The van der Waals surface area contributed by atoms with Crippen molar-refractivity contribution in [2.45, 2.75) is 28.8 Å². The highest BCUT2D eigenvalue weighted by molar-refractivity contribution is 7.98. The minimum atomic E-state index is -3.71. The largest absolute Gasteiger partial charge is 0.414 e. The zero-order valence-corrected chi connectivity index (χ0v) is 16.2. The smallest absolute Gasteiger partial charge is 0.276 e. The van der Waals surface area contributed by atoms with E-state index in [0.29, 0.717) is 16.0 Å². The number of sulfonamides is 1. The van der Waals surface area contributed by atoms with Gasteiger partial charge in [-0.25, -0.2) is 8.42 Å². The van der Waals surface area contributed by atoms with E-state index in [-0.39, 0.29) is 10.8 Å². The first-order valence-corrected chi connectivity index (χ1v) is 10.6. The Balaban J connectivity index is 1.64. The van der Waals surface area contributed by atoms with E-state index in [1.54, 1.807) is 6.92 Å². The number of nitrogens with one attached hydrogen (secondary N) is 1. The van der Waals surface area contributed by atoms with Gasteiger partial charge < -0.3 is 4.42 Å². The topological polar surface area (TPSA) is 85.1 Å². The molecule has 136 valence electrons. The lowest BCUT2D eigenvalue weighted by atomic mass is 10.2. The molecule has 1 atom stereocenters. The Hall–Kier alpha value is -1.87.